The van der Waals surface area contributed by atoms with Crippen LogP contribution in [-0.4, -0.2) is 18.5 Å². The zero-order valence-electron chi connectivity index (χ0n) is 17.8. The van der Waals surface area contributed by atoms with Crippen molar-refractivity contribution in [3.05, 3.63) is 107 Å². The molecule has 2 aliphatic heterocycles. The second-order valence-electron chi connectivity index (χ2n) is 8.04. The monoisotopic (exact) mass is 425 g/mol. The molecular formula is C27H23NO4. The van der Waals surface area contributed by atoms with E-state index in [-0.39, 0.29) is 30.8 Å². The maximum absolute atomic E-state index is 13.1. The zero-order valence-corrected chi connectivity index (χ0v) is 17.8. The van der Waals surface area contributed by atoms with Gasteiger partial charge in [-0.1, -0.05) is 54.6 Å². The number of esters is 1. The van der Waals surface area contributed by atoms with Gasteiger partial charge in [0.2, 0.25) is 5.91 Å². The van der Waals surface area contributed by atoms with E-state index in [1.54, 1.807) is 4.90 Å². The molecule has 0 aliphatic carbocycles. The van der Waals surface area contributed by atoms with Crippen molar-refractivity contribution in [2.24, 2.45) is 0 Å². The number of anilines is 1. The number of benzene rings is 3. The minimum atomic E-state index is -0.349. The molecule has 0 radical (unpaired) electrons. The molecule has 1 unspecified atom stereocenters. The van der Waals surface area contributed by atoms with Crippen molar-refractivity contribution >= 4 is 17.6 Å². The molecule has 0 N–H and O–H groups in total. The van der Waals surface area contributed by atoms with Crippen LogP contribution in [0, 0.1) is 6.92 Å². The van der Waals surface area contributed by atoms with E-state index in [0.29, 0.717) is 17.9 Å². The second-order valence-corrected chi connectivity index (χ2v) is 8.04. The lowest BCUT2D eigenvalue weighted by atomic mass is 9.84. The van der Waals surface area contributed by atoms with Gasteiger partial charge in [-0.05, 0) is 47.9 Å². The summed E-state index contributed by atoms with van der Waals surface area (Å²) in [6.07, 6.45) is 0.215. The van der Waals surface area contributed by atoms with Gasteiger partial charge in [0.05, 0.1) is 11.3 Å². The summed E-state index contributed by atoms with van der Waals surface area (Å²) in [7, 11) is 0. The SMILES string of the molecule is Cc1ccccc1COc1ccc(C2CC(=O)N(c3ccccc3)C3=C2C(=O)OC3)cc1. The summed E-state index contributed by atoms with van der Waals surface area (Å²) in [6, 6.07) is 25.2. The van der Waals surface area contributed by atoms with Crippen molar-refractivity contribution in [3.63, 3.8) is 0 Å². The molecule has 0 saturated carbocycles. The quantitative estimate of drug-likeness (QED) is 0.546. The van der Waals surface area contributed by atoms with E-state index in [0.717, 1.165) is 22.6 Å². The molecular weight excluding hydrogens is 402 g/mol. The van der Waals surface area contributed by atoms with Crippen molar-refractivity contribution in [1.82, 2.24) is 0 Å². The fourth-order valence-corrected chi connectivity index (χ4v) is 4.34. The summed E-state index contributed by atoms with van der Waals surface area (Å²) in [4.78, 5) is 27.3. The number of aryl methyl sites for hydroxylation is 1. The van der Waals surface area contributed by atoms with Crippen LogP contribution in [-0.2, 0) is 20.9 Å². The molecule has 160 valence electrons. The molecule has 0 aromatic heterocycles. The minimum absolute atomic E-state index is 0.0434. The fourth-order valence-electron chi connectivity index (χ4n) is 4.34. The van der Waals surface area contributed by atoms with Crippen molar-refractivity contribution in [3.8, 4) is 5.75 Å². The van der Waals surface area contributed by atoms with Gasteiger partial charge in [0.15, 0.2) is 0 Å². The van der Waals surface area contributed by atoms with Crippen LogP contribution in [0.1, 0.15) is 29.0 Å². The summed E-state index contributed by atoms with van der Waals surface area (Å²) in [6.45, 7) is 2.66. The van der Waals surface area contributed by atoms with Gasteiger partial charge in [0.1, 0.15) is 19.0 Å². The average Bonchev–Trinajstić information content (AvgIpc) is 3.20. The van der Waals surface area contributed by atoms with Crippen LogP contribution in [0.3, 0.4) is 0 Å². The Hall–Kier alpha value is -3.86. The molecule has 5 rings (SSSR count). The molecule has 0 spiro atoms. The maximum Gasteiger partial charge on any atom is 0.336 e. The number of carbonyl (C=O) groups is 2. The molecule has 1 atom stereocenters. The number of hydrogen-bond acceptors (Lipinski definition) is 4. The summed E-state index contributed by atoms with van der Waals surface area (Å²) < 4.78 is 11.3. The van der Waals surface area contributed by atoms with Gasteiger partial charge in [-0.25, -0.2) is 4.79 Å². The standard InChI is InChI=1S/C27H23NO4/c1-18-7-5-6-8-20(18)16-31-22-13-11-19(12-14-22)23-15-25(29)28(21-9-3-2-4-10-21)24-17-32-27(30)26(23)24/h2-14,23H,15-17H2,1H3. The first-order valence-electron chi connectivity index (χ1n) is 10.7. The highest BCUT2D eigenvalue weighted by atomic mass is 16.5. The average molecular weight is 425 g/mol. The van der Waals surface area contributed by atoms with E-state index in [4.69, 9.17) is 9.47 Å². The molecule has 1 amide bonds. The third kappa shape index (κ3) is 3.66. The lowest BCUT2D eigenvalue weighted by Crippen LogP contribution is -2.37. The van der Waals surface area contributed by atoms with Crippen molar-refractivity contribution < 1.29 is 19.1 Å². The van der Waals surface area contributed by atoms with E-state index in [9.17, 15) is 9.59 Å². The maximum atomic E-state index is 13.1. The van der Waals surface area contributed by atoms with Gasteiger partial charge in [-0.3, -0.25) is 9.69 Å². The molecule has 5 heteroatoms. The Morgan fingerprint density at radius 3 is 2.41 bits per heavy atom. The van der Waals surface area contributed by atoms with Crippen LogP contribution >= 0.6 is 0 Å². The Labute approximate surface area is 186 Å². The molecule has 0 fully saturated rings. The number of hydrogen-bond donors (Lipinski definition) is 0. The minimum Gasteiger partial charge on any atom is -0.489 e. The van der Waals surface area contributed by atoms with Gasteiger partial charge >= 0.3 is 5.97 Å². The molecule has 3 aromatic rings. The molecule has 2 heterocycles. The summed E-state index contributed by atoms with van der Waals surface area (Å²) in [5.41, 5.74) is 5.19. The van der Waals surface area contributed by atoms with Crippen LogP contribution in [0.5, 0.6) is 5.75 Å². The predicted molar refractivity (Wildman–Crippen MR) is 121 cm³/mol. The highest BCUT2D eigenvalue weighted by Gasteiger charge is 2.42. The third-order valence-electron chi connectivity index (χ3n) is 6.07. The smallest absolute Gasteiger partial charge is 0.336 e. The largest absolute Gasteiger partial charge is 0.489 e. The van der Waals surface area contributed by atoms with E-state index in [1.807, 2.05) is 66.7 Å². The third-order valence-corrected chi connectivity index (χ3v) is 6.07. The Bertz CT molecular complexity index is 1200. The number of cyclic esters (lactones) is 1. The van der Waals surface area contributed by atoms with Gasteiger partial charge in [0, 0.05) is 18.0 Å². The summed E-state index contributed by atoms with van der Waals surface area (Å²) in [5, 5.41) is 0. The molecule has 5 nitrogen and oxygen atoms in total. The summed E-state index contributed by atoms with van der Waals surface area (Å²) >= 11 is 0. The lowest BCUT2D eigenvalue weighted by molar-refractivity contribution is -0.136. The van der Waals surface area contributed by atoms with Gasteiger partial charge < -0.3 is 9.47 Å². The predicted octanol–water partition coefficient (Wildman–Crippen LogP) is 4.91. The van der Waals surface area contributed by atoms with Crippen LogP contribution in [0.4, 0.5) is 5.69 Å². The van der Waals surface area contributed by atoms with Crippen LogP contribution in [0.2, 0.25) is 0 Å². The second kappa shape index (κ2) is 8.35. The Balaban J connectivity index is 1.40. The highest BCUT2D eigenvalue weighted by Crippen LogP contribution is 2.42. The number of rotatable bonds is 5. The van der Waals surface area contributed by atoms with Crippen molar-refractivity contribution in [2.75, 3.05) is 11.5 Å². The molecule has 0 bridgehead atoms. The van der Waals surface area contributed by atoms with E-state index >= 15 is 0 Å². The summed E-state index contributed by atoms with van der Waals surface area (Å²) in [5.74, 6) is 0.0302. The Morgan fingerprint density at radius 2 is 1.66 bits per heavy atom. The Morgan fingerprint density at radius 1 is 0.938 bits per heavy atom. The number of para-hydroxylation sites is 1. The number of amides is 1. The van der Waals surface area contributed by atoms with E-state index < -0.39 is 0 Å². The molecule has 32 heavy (non-hydrogen) atoms. The number of carbonyl (C=O) groups excluding carboxylic acids is 2. The number of nitrogens with zero attached hydrogens (tertiary/aromatic N) is 1. The normalized spacial score (nSPS) is 17.9. The highest BCUT2D eigenvalue weighted by molar-refractivity contribution is 6.06. The first-order chi connectivity index (χ1) is 15.6. The van der Waals surface area contributed by atoms with Crippen LogP contribution < -0.4 is 9.64 Å². The first-order valence-corrected chi connectivity index (χ1v) is 10.7. The van der Waals surface area contributed by atoms with Crippen LogP contribution in [0.25, 0.3) is 0 Å². The fraction of sp³-hybridized carbons (Fsp3) is 0.185. The van der Waals surface area contributed by atoms with Gasteiger partial charge in [0.25, 0.3) is 0 Å². The lowest BCUT2D eigenvalue weighted by Gasteiger charge is -2.31. The molecule has 0 saturated heterocycles. The van der Waals surface area contributed by atoms with Crippen LogP contribution in [0.15, 0.2) is 90.1 Å². The number of ether oxygens (including phenoxy) is 2. The van der Waals surface area contributed by atoms with E-state index in [2.05, 4.69) is 19.1 Å². The topological polar surface area (TPSA) is 55.8 Å². The van der Waals surface area contributed by atoms with Crippen molar-refractivity contribution in [2.45, 2.75) is 25.9 Å². The van der Waals surface area contributed by atoms with Gasteiger partial charge in [-0.2, -0.15) is 0 Å². The van der Waals surface area contributed by atoms with Crippen molar-refractivity contribution in [1.29, 1.82) is 0 Å². The zero-order chi connectivity index (χ0) is 22.1. The van der Waals surface area contributed by atoms with Gasteiger partial charge in [-0.15, -0.1) is 0 Å². The Kier molecular flexibility index (Phi) is 5.23. The molecule has 3 aromatic carbocycles. The van der Waals surface area contributed by atoms with E-state index in [1.165, 1.54) is 5.56 Å². The first kappa shape index (κ1) is 20.1. The molecule has 2 aliphatic rings.